The van der Waals surface area contributed by atoms with Gasteiger partial charge < -0.3 is 24.1 Å². The third-order valence-corrected chi connectivity index (χ3v) is 4.17. The molecule has 3 rings (SSSR count). The minimum Gasteiger partial charge on any atom is -0.387 e. The summed E-state index contributed by atoms with van der Waals surface area (Å²) >= 11 is 0. The molecule has 8 heteroatoms. The first kappa shape index (κ1) is 15.0. The Bertz CT molecular complexity index is 490. The van der Waals surface area contributed by atoms with Gasteiger partial charge in [0.15, 0.2) is 11.6 Å². The molecule has 1 saturated carbocycles. The van der Waals surface area contributed by atoms with E-state index >= 15 is 0 Å². The van der Waals surface area contributed by atoms with Crippen molar-refractivity contribution in [3.8, 4) is 0 Å². The molecule has 0 radical (unpaired) electrons. The maximum Gasteiger partial charge on any atom is 0.164 e. The largest absolute Gasteiger partial charge is 0.387 e. The van der Waals surface area contributed by atoms with Crippen LogP contribution in [-0.4, -0.2) is 53.2 Å². The zero-order valence-electron chi connectivity index (χ0n) is 12.6. The normalized spacial score (nSPS) is 46.5. The van der Waals surface area contributed by atoms with Gasteiger partial charge in [0.05, 0.1) is 12.6 Å². The van der Waals surface area contributed by atoms with E-state index in [1.54, 1.807) is 13.8 Å². The maximum atomic E-state index is 10.9. The predicted molar refractivity (Wildman–Crippen MR) is 71.2 cm³/mol. The Balaban J connectivity index is 1.93. The van der Waals surface area contributed by atoms with Gasteiger partial charge in [0, 0.05) is 11.3 Å². The minimum atomic E-state index is -1.32. The molecule has 5 atom stereocenters. The Morgan fingerprint density at radius 2 is 1.71 bits per heavy atom. The number of aliphatic hydroxyl groups is 1. The SMILES string of the molecule is CC1(C)O[C@@H]2[C@H]3OC(C)(C)O[C@@H]3C[C@](O)(CN=[N+]=[N-])[C@@H]2O1. The van der Waals surface area contributed by atoms with Crippen LogP contribution < -0.4 is 0 Å². The number of hydrogen-bond donors (Lipinski definition) is 1. The molecule has 0 spiro atoms. The second-order valence-electron chi connectivity index (χ2n) is 6.86. The summed E-state index contributed by atoms with van der Waals surface area (Å²) in [6, 6.07) is 0. The highest BCUT2D eigenvalue weighted by molar-refractivity contribution is 5.10. The molecule has 3 fully saturated rings. The topological polar surface area (TPSA) is 106 Å². The van der Waals surface area contributed by atoms with Crippen molar-refractivity contribution in [1.82, 2.24) is 0 Å². The van der Waals surface area contributed by atoms with Crippen LogP contribution in [-0.2, 0) is 18.9 Å². The molecule has 0 bridgehead atoms. The lowest BCUT2D eigenvalue weighted by molar-refractivity contribution is -0.183. The second kappa shape index (κ2) is 4.55. The van der Waals surface area contributed by atoms with E-state index in [1.165, 1.54) is 0 Å². The molecule has 3 aliphatic rings. The van der Waals surface area contributed by atoms with E-state index in [0.29, 0.717) is 0 Å². The number of ether oxygens (including phenoxy) is 4. The van der Waals surface area contributed by atoms with Crippen LogP contribution in [0.3, 0.4) is 0 Å². The Morgan fingerprint density at radius 3 is 2.38 bits per heavy atom. The fourth-order valence-corrected chi connectivity index (χ4v) is 3.52. The molecular weight excluding hydrogens is 278 g/mol. The molecule has 1 aliphatic carbocycles. The Morgan fingerprint density at radius 1 is 1.10 bits per heavy atom. The summed E-state index contributed by atoms with van der Waals surface area (Å²) < 4.78 is 23.5. The third-order valence-electron chi connectivity index (χ3n) is 4.17. The molecule has 0 aromatic rings. The lowest BCUT2D eigenvalue weighted by Crippen LogP contribution is -2.62. The molecule has 0 aromatic heterocycles. The Labute approximate surface area is 122 Å². The van der Waals surface area contributed by atoms with Crippen LogP contribution in [0.25, 0.3) is 10.4 Å². The molecule has 21 heavy (non-hydrogen) atoms. The predicted octanol–water partition coefficient (Wildman–Crippen LogP) is 1.47. The maximum absolute atomic E-state index is 10.9. The Kier molecular flexibility index (Phi) is 3.26. The molecule has 0 unspecified atom stereocenters. The summed E-state index contributed by atoms with van der Waals surface area (Å²) in [5.74, 6) is -1.57. The molecule has 2 aliphatic heterocycles. The van der Waals surface area contributed by atoms with Crippen molar-refractivity contribution >= 4 is 0 Å². The van der Waals surface area contributed by atoms with Gasteiger partial charge in [-0.2, -0.15) is 0 Å². The molecule has 0 amide bonds. The number of fused-ring (bicyclic) bond motifs is 3. The van der Waals surface area contributed by atoms with Crippen molar-refractivity contribution in [2.45, 2.75) is 75.7 Å². The lowest BCUT2D eigenvalue weighted by atomic mass is 9.77. The quantitative estimate of drug-likeness (QED) is 0.472. The minimum absolute atomic E-state index is 0.0862. The molecule has 8 nitrogen and oxygen atoms in total. The van der Waals surface area contributed by atoms with Gasteiger partial charge in [-0.3, -0.25) is 0 Å². The van der Waals surface area contributed by atoms with Gasteiger partial charge in [-0.25, -0.2) is 0 Å². The number of nitrogens with zero attached hydrogens (tertiary/aromatic N) is 3. The van der Waals surface area contributed by atoms with Crippen molar-refractivity contribution < 1.29 is 24.1 Å². The van der Waals surface area contributed by atoms with Gasteiger partial charge in [-0.05, 0) is 33.2 Å². The molecular formula is C13H21N3O5. The van der Waals surface area contributed by atoms with Crippen molar-refractivity contribution in [2.75, 3.05) is 6.54 Å². The zero-order chi connectivity index (χ0) is 15.5. The van der Waals surface area contributed by atoms with Gasteiger partial charge in [0.25, 0.3) is 0 Å². The molecule has 1 N–H and O–H groups in total. The summed E-state index contributed by atoms with van der Waals surface area (Å²) in [5.41, 5.74) is 7.22. The van der Waals surface area contributed by atoms with E-state index < -0.39 is 29.4 Å². The van der Waals surface area contributed by atoms with E-state index in [-0.39, 0.29) is 25.2 Å². The average Bonchev–Trinajstić information content (AvgIpc) is 2.83. The van der Waals surface area contributed by atoms with Crippen molar-refractivity contribution in [2.24, 2.45) is 5.11 Å². The van der Waals surface area contributed by atoms with Crippen molar-refractivity contribution in [1.29, 1.82) is 0 Å². The summed E-state index contributed by atoms with van der Waals surface area (Å²) in [7, 11) is 0. The van der Waals surface area contributed by atoms with E-state index in [2.05, 4.69) is 10.0 Å². The van der Waals surface area contributed by atoms with Crippen LogP contribution in [0.4, 0.5) is 0 Å². The highest BCUT2D eigenvalue weighted by Crippen LogP contribution is 2.48. The number of rotatable bonds is 2. The summed E-state index contributed by atoms with van der Waals surface area (Å²) in [5, 5.41) is 14.4. The standard InChI is InChI=1S/C13H21N3O5/c1-11(2)18-7-5-13(17,6-15-16-14)10-9(8(7)19-11)20-12(3,4)21-10/h7-10,17H,5-6H2,1-4H3/t7-,8+,9-,10-,13+/m1/s1. The van der Waals surface area contributed by atoms with Crippen LogP contribution in [0.2, 0.25) is 0 Å². The van der Waals surface area contributed by atoms with Gasteiger partial charge in [-0.15, -0.1) is 0 Å². The molecule has 0 aromatic carbocycles. The second-order valence-corrected chi connectivity index (χ2v) is 6.86. The molecule has 2 saturated heterocycles. The van der Waals surface area contributed by atoms with Gasteiger partial charge in [0.1, 0.15) is 23.9 Å². The van der Waals surface area contributed by atoms with Gasteiger partial charge >= 0.3 is 0 Å². The van der Waals surface area contributed by atoms with Crippen LogP contribution in [0, 0.1) is 0 Å². The van der Waals surface area contributed by atoms with E-state index in [0.717, 1.165) is 0 Å². The summed E-state index contributed by atoms with van der Waals surface area (Å²) in [6.45, 7) is 7.14. The summed E-state index contributed by atoms with van der Waals surface area (Å²) in [4.78, 5) is 2.74. The fourth-order valence-electron chi connectivity index (χ4n) is 3.52. The van der Waals surface area contributed by atoms with Gasteiger partial charge in [-0.1, -0.05) is 5.11 Å². The average molecular weight is 299 g/mol. The molecule has 2 heterocycles. The Hall–Kier alpha value is -0.890. The molecule has 118 valence electrons. The first-order chi connectivity index (χ1) is 9.66. The van der Waals surface area contributed by atoms with Crippen molar-refractivity contribution in [3.63, 3.8) is 0 Å². The lowest BCUT2D eigenvalue weighted by Gasteiger charge is -2.42. The van der Waals surface area contributed by atoms with Crippen LogP contribution in [0.1, 0.15) is 34.1 Å². The highest BCUT2D eigenvalue weighted by Gasteiger charge is 2.64. The number of azide groups is 1. The monoisotopic (exact) mass is 299 g/mol. The third kappa shape index (κ3) is 2.52. The van der Waals surface area contributed by atoms with Gasteiger partial charge in [0.2, 0.25) is 0 Å². The van der Waals surface area contributed by atoms with E-state index in [9.17, 15) is 5.11 Å². The zero-order valence-corrected chi connectivity index (χ0v) is 12.6. The van der Waals surface area contributed by atoms with E-state index in [1.807, 2.05) is 13.8 Å². The first-order valence-corrected chi connectivity index (χ1v) is 7.10. The van der Waals surface area contributed by atoms with Crippen LogP contribution in [0.15, 0.2) is 5.11 Å². The van der Waals surface area contributed by atoms with Crippen LogP contribution >= 0.6 is 0 Å². The van der Waals surface area contributed by atoms with E-state index in [4.69, 9.17) is 24.5 Å². The van der Waals surface area contributed by atoms with Crippen LogP contribution in [0.5, 0.6) is 0 Å². The first-order valence-electron chi connectivity index (χ1n) is 7.10. The highest BCUT2D eigenvalue weighted by atomic mass is 16.8. The smallest absolute Gasteiger partial charge is 0.164 e. The fraction of sp³-hybridized carbons (Fsp3) is 1.00. The van der Waals surface area contributed by atoms with Crippen molar-refractivity contribution in [3.05, 3.63) is 10.4 Å². The number of hydrogen-bond acceptors (Lipinski definition) is 6. The summed E-state index contributed by atoms with van der Waals surface area (Å²) in [6.07, 6.45) is -1.42.